The Bertz CT molecular complexity index is 698. The third kappa shape index (κ3) is 14.0. The molecule has 1 rings (SSSR count). The quantitative estimate of drug-likeness (QED) is 0.0897. The second kappa shape index (κ2) is 20.0. The number of phenols is 1. The molecule has 5 heteroatoms. The van der Waals surface area contributed by atoms with Gasteiger partial charge in [0.25, 0.3) is 0 Å². The summed E-state index contributed by atoms with van der Waals surface area (Å²) in [4.78, 5) is 11.9. The van der Waals surface area contributed by atoms with E-state index >= 15 is 0 Å². The summed E-state index contributed by atoms with van der Waals surface area (Å²) < 4.78 is 15.5. The van der Waals surface area contributed by atoms with Crippen molar-refractivity contribution < 1.29 is 24.1 Å². The van der Waals surface area contributed by atoms with Gasteiger partial charge in [-0.25, -0.2) is 4.79 Å². The fourth-order valence-electron chi connectivity index (χ4n) is 3.74. The minimum Gasteiger partial charge on any atom is -0.502 e. The maximum Gasteiger partial charge on any atom is 0.330 e. The van der Waals surface area contributed by atoms with Gasteiger partial charge in [-0.15, -0.1) is 0 Å². The fourth-order valence-corrected chi connectivity index (χ4v) is 3.74. The van der Waals surface area contributed by atoms with Crippen LogP contribution in [0.3, 0.4) is 0 Å². The summed E-state index contributed by atoms with van der Waals surface area (Å²) in [6.07, 6.45) is 25.3. The van der Waals surface area contributed by atoms with Crippen molar-refractivity contribution in [3.05, 3.63) is 35.9 Å². The minimum absolute atomic E-state index is 0.0651. The lowest BCUT2D eigenvalue weighted by molar-refractivity contribution is -0.137. The Morgan fingerprint density at radius 2 is 1.29 bits per heavy atom. The minimum atomic E-state index is -0.376. The van der Waals surface area contributed by atoms with Gasteiger partial charge in [0.1, 0.15) is 0 Å². The number of esters is 1. The van der Waals surface area contributed by atoms with Crippen molar-refractivity contribution in [3.8, 4) is 17.2 Å². The average Bonchev–Trinajstić information content (AvgIpc) is 2.85. The molecule has 0 saturated heterocycles. The Morgan fingerprint density at radius 1 is 0.794 bits per heavy atom. The van der Waals surface area contributed by atoms with Crippen LogP contribution >= 0.6 is 0 Å². The van der Waals surface area contributed by atoms with Crippen LogP contribution in [-0.4, -0.2) is 31.9 Å². The number of hydrogen-bond acceptors (Lipinski definition) is 5. The number of ether oxygens (including phenoxy) is 3. The Morgan fingerprint density at radius 3 is 1.82 bits per heavy atom. The van der Waals surface area contributed by atoms with E-state index in [0.29, 0.717) is 12.2 Å². The molecule has 0 aromatic heterocycles. The molecule has 0 heterocycles. The maximum absolute atomic E-state index is 11.9. The summed E-state index contributed by atoms with van der Waals surface area (Å²) in [5.41, 5.74) is 0.681. The smallest absolute Gasteiger partial charge is 0.330 e. The van der Waals surface area contributed by atoms with Crippen LogP contribution < -0.4 is 9.47 Å². The number of aromatic hydroxyl groups is 1. The molecule has 0 aliphatic heterocycles. The van der Waals surface area contributed by atoms with Crippen LogP contribution in [0.4, 0.5) is 0 Å². The molecule has 192 valence electrons. The summed E-state index contributed by atoms with van der Waals surface area (Å²) >= 11 is 0. The molecule has 0 aliphatic rings. The van der Waals surface area contributed by atoms with E-state index in [1.54, 1.807) is 18.2 Å². The zero-order valence-electron chi connectivity index (χ0n) is 21.7. The van der Waals surface area contributed by atoms with Crippen molar-refractivity contribution in [1.29, 1.82) is 0 Å². The normalized spacial score (nSPS) is 11.4. The number of methoxy groups -OCH3 is 2. The van der Waals surface area contributed by atoms with Gasteiger partial charge in [0.05, 0.1) is 20.8 Å². The summed E-state index contributed by atoms with van der Waals surface area (Å²) in [5.74, 6) is 0.136. The molecule has 5 nitrogen and oxygen atoms in total. The second-order valence-electron chi connectivity index (χ2n) is 8.71. The van der Waals surface area contributed by atoms with Gasteiger partial charge >= 0.3 is 5.97 Å². The first-order chi connectivity index (χ1) is 16.6. The van der Waals surface area contributed by atoms with Gasteiger partial charge in [0.15, 0.2) is 11.5 Å². The first-order valence-corrected chi connectivity index (χ1v) is 13.1. The predicted molar refractivity (Wildman–Crippen MR) is 141 cm³/mol. The number of carbonyl (C=O) groups is 1. The number of unbranched alkanes of at least 4 members (excludes halogenated alkanes) is 12. The van der Waals surface area contributed by atoms with Crippen molar-refractivity contribution >= 4 is 12.0 Å². The molecule has 0 radical (unpaired) electrons. The van der Waals surface area contributed by atoms with E-state index in [9.17, 15) is 9.90 Å². The SMILES string of the molecule is CCCCCCCC/C=C\CCCCCCCCOC(=O)C=Cc1cc(OC)c(O)c(OC)c1. The molecule has 0 aliphatic carbocycles. The van der Waals surface area contributed by atoms with Gasteiger partial charge in [0.2, 0.25) is 5.75 Å². The van der Waals surface area contributed by atoms with Crippen molar-refractivity contribution in [2.24, 2.45) is 0 Å². The van der Waals surface area contributed by atoms with Gasteiger partial charge < -0.3 is 19.3 Å². The lowest BCUT2D eigenvalue weighted by Gasteiger charge is -2.09. The molecule has 0 atom stereocenters. The average molecular weight is 475 g/mol. The molecule has 0 amide bonds. The second-order valence-corrected chi connectivity index (χ2v) is 8.71. The molecule has 0 saturated carbocycles. The highest BCUT2D eigenvalue weighted by Crippen LogP contribution is 2.37. The molecule has 1 N–H and O–H groups in total. The molecular weight excluding hydrogens is 428 g/mol. The Labute approximate surface area is 207 Å². The Hall–Kier alpha value is -2.43. The Kier molecular flexibility index (Phi) is 17.4. The summed E-state index contributed by atoms with van der Waals surface area (Å²) in [5, 5.41) is 9.94. The summed E-state index contributed by atoms with van der Waals surface area (Å²) in [6.45, 7) is 2.70. The lowest BCUT2D eigenvalue weighted by Crippen LogP contribution is -2.02. The van der Waals surface area contributed by atoms with Crippen LogP contribution in [0.5, 0.6) is 17.2 Å². The third-order valence-electron chi connectivity index (χ3n) is 5.81. The molecule has 1 aromatic carbocycles. The predicted octanol–water partition coefficient (Wildman–Crippen LogP) is 8.00. The number of allylic oxidation sites excluding steroid dienone is 2. The lowest BCUT2D eigenvalue weighted by atomic mass is 10.1. The van der Waals surface area contributed by atoms with Crippen LogP contribution in [-0.2, 0) is 9.53 Å². The molecule has 0 bridgehead atoms. The van der Waals surface area contributed by atoms with E-state index in [4.69, 9.17) is 14.2 Å². The van der Waals surface area contributed by atoms with E-state index in [0.717, 1.165) is 12.8 Å². The molecule has 1 aromatic rings. The summed E-state index contributed by atoms with van der Waals surface area (Å²) in [7, 11) is 2.93. The standard InChI is InChI=1S/C29H46O5/c1-4-5-6-7-8-9-10-11-12-13-14-15-16-17-18-19-22-34-28(30)21-20-25-23-26(32-2)29(31)27(24-25)33-3/h11-12,20-21,23-24,31H,4-10,13-19,22H2,1-3H3/b12-11-,21-20?. The number of benzene rings is 1. The van der Waals surface area contributed by atoms with Gasteiger partial charge in [-0.2, -0.15) is 0 Å². The molecule has 0 unspecified atom stereocenters. The molecule has 34 heavy (non-hydrogen) atoms. The monoisotopic (exact) mass is 474 g/mol. The molecule has 0 fully saturated rings. The first kappa shape index (κ1) is 29.6. The van der Waals surface area contributed by atoms with Gasteiger partial charge in [-0.1, -0.05) is 76.9 Å². The molecular formula is C29H46O5. The zero-order valence-corrected chi connectivity index (χ0v) is 21.7. The number of phenolic OH excluding ortho intramolecular Hbond substituents is 1. The number of hydrogen-bond donors (Lipinski definition) is 1. The van der Waals surface area contributed by atoms with Crippen molar-refractivity contribution in [2.45, 2.75) is 96.8 Å². The van der Waals surface area contributed by atoms with Gasteiger partial charge in [-0.3, -0.25) is 0 Å². The molecule has 0 spiro atoms. The topological polar surface area (TPSA) is 65.0 Å². The Balaban J connectivity index is 2.02. The van der Waals surface area contributed by atoms with E-state index in [1.165, 1.54) is 97.3 Å². The third-order valence-corrected chi connectivity index (χ3v) is 5.81. The van der Waals surface area contributed by atoms with Crippen molar-refractivity contribution in [2.75, 3.05) is 20.8 Å². The first-order valence-electron chi connectivity index (χ1n) is 13.1. The van der Waals surface area contributed by atoms with Crippen LogP contribution in [0.2, 0.25) is 0 Å². The van der Waals surface area contributed by atoms with Crippen LogP contribution in [0.1, 0.15) is 102 Å². The number of carbonyl (C=O) groups excluding carboxylic acids is 1. The maximum atomic E-state index is 11.9. The van der Waals surface area contributed by atoms with E-state index in [1.807, 2.05) is 0 Å². The highest BCUT2D eigenvalue weighted by Gasteiger charge is 2.10. The van der Waals surface area contributed by atoms with Crippen LogP contribution in [0.25, 0.3) is 6.08 Å². The van der Waals surface area contributed by atoms with Crippen LogP contribution in [0.15, 0.2) is 30.4 Å². The van der Waals surface area contributed by atoms with E-state index < -0.39 is 0 Å². The largest absolute Gasteiger partial charge is 0.502 e. The van der Waals surface area contributed by atoms with Gasteiger partial charge in [0, 0.05) is 6.08 Å². The van der Waals surface area contributed by atoms with Crippen molar-refractivity contribution in [3.63, 3.8) is 0 Å². The van der Waals surface area contributed by atoms with Crippen molar-refractivity contribution in [1.82, 2.24) is 0 Å². The highest BCUT2D eigenvalue weighted by atomic mass is 16.5. The fraction of sp³-hybridized carbons (Fsp3) is 0.621. The van der Waals surface area contributed by atoms with E-state index in [2.05, 4.69) is 19.1 Å². The highest BCUT2D eigenvalue weighted by molar-refractivity contribution is 5.87. The summed E-state index contributed by atoms with van der Waals surface area (Å²) in [6, 6.07) is 3.26. The van der Waals surface area contributed by atoms with Crippen LogP contribution in [0, 0.1) is 0 Å². The van der Waals surface area contributed by atoms with Gasteiger partial charge in [-0.05, 0) is 55.9 Å². The zero-order chi connectivity index (χ0) is 24.9. The number of rotatable bonds is 20. The van der Waals surface area contributed by atoms with E-state index in [-0.39, 0.29) is 23.2 Å².